The van der Waals surface area contributed by atoms with Gasteiger partial charge in [0.2, 0.25) is 5.91 Å². The maximum Gasteiger partial charge on any atom is 0.286 e. The molecule has 1 unspecified atom stereocenters. The molecule has 1 aromatic carbocycles. The summed E-state index contributed by atoms with van der Waals surface area (Å²) in [5, 5.41) is 1.70. The largest absolute Gasteiger partial charge is 0.493 e. The van der Waals surface area contributed by atoms with E-state index in [1.807, 2.05) is 36.5 Å². The number of ether oxygens (including phenoxy) is 1. The molecule has 1 aromatic heterocycles. The lowest BCUT2D eigenvalue weighted by Gasteiger charge is -2.09. The van der Waals surface area contributed by atoms with Crippen LogP contribution >= 0.6 is 24.2 Å². The van der Waals surface area contributed by atoms with Crippen molar-refractivity contribution < 1.29 is 19.8 Å². The lowest BCUT2D eigenvalue weighted by atomic mass is 10.1. The number of carbonyl (C=O) groups excluding carboxylic acids is 2. The zero-order valence-corrected chi connectivity index (χ0v) is 16.6. The van der Waals surface area contributed by atoms with Crippen molar-refractivity contribution in [2.75, 3.05) is 6.61 Å². The summed E-state index contributed by atoms with van der Waals surface area (Å²) < 4.78 is 5.75. The van der Waals surface area contributed by atoms with E-state index in [9.17, 15) is 9.59 Å². The number of hydrogen-bond donors (Lipinski definition) is 1. The molecule has 0 saturated carbocycles. The number of carbonyl (C=O) groups is 2. The highest BCUT2D eigenvalue weighted by atomic mass is 35.5. The molecule has 3 N–H and O–H groups in total. The zero-order valence-electron chi connectivity index (χ0n) is 14.9. The second-order valence-electron chi connectivity index (χ2n) is 5.84. The van der Waals surface area contributed by atoms with Crippen molar-refractivity contribution in [2.45, 2.75) is 31.4 Å². The average molecular weight is 411 g/mol. The second kappa shape index (κ2) is 10.9. The molecule has 146 valence electrons. The number of aromatic nitrogens is 1. The molecule has 2 aromatic rings. The van der Waals surface area contributed by atoms with E-state index in [2.05, 4.69) is 23.3 Å². The Morgan fingerprint density at radius 2 is 1.81 bits per heavy atom. The fourth-order valence-electron chi connectivity index (χ4n) is 2.55. The van der Waals surface area contributed by atoms with Gasteiger partial charge in [0.1, 0.15) is 5.75 Å². The van der Waals surface area contributed by atoms with Gasteiger partial charge in [-0.3, -0.25) is 19.9 Å². The fourth-order valence-corrected chi connectivity index (χ4v) is 3.41. The average Bonchev–Trinajstić information content (AvgIpc) is 2.94. The number of thioether (sulfide) groups is 1. The van der Waals surface area contributed by atoms with E-state index in [0.717, 1.165) is 41.6 Å². The summed E-state index contributed by atoms with van der Waals surface area (Å²) in [5.41, 5.74) is 3.25. The summed E-state index contributed by atoms with van der Waals surface area (Å²) in [6, 6.07) is 11.8. The van der Waals surface area contributed by atoms with Gasteiger partial charge in [-0.05, 0) is 42.2 Å². The SMILES string of the molecule is CCc1ccc(CCOc2ccc(CC3SC(=O)NC3=O)cc2)nc1.Cl.O. The standard InChI is InChI=1S/C19H20N2O3S.ClH.H2O/c1-2-13-3-6-15(20-12-13)9-10-24-16-7-4-14(5-8-16)11-17-18(22)21-19(23)25-17;;/h3-8,12,17H,2,9-11H2,1H3,(H,21,22,23);1H;1H2. The van der Waals surface area contributed by atoms with Gasteiger partial charge >= 0.3 is 0 Å². The van der Waals surface area contributed by atoms with Crippen LogP contribution in [0.2, 0.25) is 0 Å². The van der Waals surface area contributed by atoms with Crippen LogP contribution in [0.4, 0.5) is 4.79 Å². The first-order valence-electron chi connectivity index (χ1n) is 8.31. The molecule has 1 atom stereocenters. The molecule has 3 rings (SSSR count). The number of amides is 2. The van der Waals surface area contributed by atoms with Gasteiger partial charge in [0, 0.05) is 18.3 Å². The Balaban J connectivity index is 0.00000182. The number of nitrogens with zero attached hydrogens (tertiary/aromatic N) is 1. The van der Waals surface area contributed by atoms with E-state index < -0.39 is 0 Å². The molecule has 1 fully saturated rings. The van der Waals surface area contributed by atoms with E-state index in [0.29, 0.717) is 13.0 Å². The minimum absolute atomic E-state index is 0. The Bertz CT molecular complexity index is 753. The van der Waals surface area contributed by atoms with Gasteiger partial charge in [0.25, 0.3) is 5.24 Å². The number of benzene rings is 1. The third-order valence-corrected chi connectivity index (χ3v) is 5.01. The Kier molecular flexibility index (Phi) is 9.28. The first-order chi connectivity index (χ1) is 12.1. The monoisotopic (exact) mass is 410 g/mol. The smallest absolute Gasteiger partial charge is 0.286 e. The number of hydrogen-bond acceptors (Lipinski definition) is 5. The molecule has 0 spiro atoms. The summed E-state index contributed by atoms with van der Waals surface area (Å²) in [6.45, 7) is 2.67. The third-order valence-electron chi connectivity index (χ3n) is 4.03. The molecule has 8 heteroatoms. The predicted octanol–water partition coefficient (Wildman–Crippen LogP) is 2.76. The van der Waals surface area contributed by atoms with Crippen LogP contribution in [-0.4, -0.2) is 33.5 Å². The normalized spacial score (nSPS) is 15.5. The first-order valence-corrected chi connectivity index (χ1v) is 9.19. The van der Waals surface area contributed by atoms with Crippen LogP contribution in [0, 0.1) is 0 Å². The van der Waals surface area contributed by atoms with Crippen LogP contribution in [-0.2, 0) is 24.1 Å². The van der Waals surface area contributed by atoms with E-state index in [-0.39, 0.29) is 34.3 Å². The lowest BCUT2D eigenvalue weighted by molar-refractivity contribution is -0.118. The topological polar surface area (TPSA) is 99.8 Å². The molecule has 6 nitrogen and oxygen atoms in total. The molecule has 1 aliphatic heterocycles. The Morgan fingerprint density at radius 3 is 2.37 bits per heavy atom. The van der Waals surface area contributed by atoms with Crippen LogP contribution in [0.25, 0.3) is 0 Å². The number of nitrogens with one attached hydrogen (secondary N) is 1. The van der Waals surface area contributed by atoms with Gasteiger partial charge in [-0.15, -0.1) is 12.4 Å². The molecular weight excluding hydrogens is 388 g/mol. The van der Waals surface area contributed by atoms with E-state index in [4.69, 9.17) is 4.74 Å². The lowest BCUT2D eigenvalue weighted by Crippen LogP contribution is -2.25. The number of pyridine rings is 1. The van der Waals surface area contributed by atoms with Crippen molar-refractivity contribution in [3.05, 3.63) is 59.4 Å². The van der Waals surface area contributed by atoms with Gasteiger partial charge in [-0.1, -0.05) is 36.9 Å². The predicted molar refractivity (Wildman–Crippen MR) is 109 cm³/mol. The molecule has 2 heterocycles. The maximum atomic E-state index is 11.6. The van der Waals surface area contributed by atoms with Crippen molar-refractivity contribution in [3.8, 4) is 5.75 Å². The third kappa shape index (κ3) is 6.53. The van der Waals surface area contributed by atoms with E-state index in [1.165, 1.54) is 5.56 Å². The molecule has 1 saturated heterocycles. The molecule has 1 aliphatic rings. The van der Waals surface area contributed by atoms with Crippen molar-refractivity contribution in [2.24, 2.45) is 0 Å². The highest BCUT2D eigenvalue weighted by Gasteiger charge is 2.31. The fraction of sp³-hybridized carbons (Fsp3) is 0.316. The van der Waals surface area contributed by atoms with Crippen molar-refractivity contribution in [1.82, 2.24) is 10.3 Å². The van der Waals surface area contributed by atoms with Crippen LogP contribution in [0.1, 0.15) is 23.7 Å². The zero-order chi connectivity index (χ0) is 17.6. The summed E-state index contributed by atoms with van der Waals surface area (Å²) in [7, 11) is 0. The summed E-state index contributed by atoms with van der Waals surface area (Å²) in [4.78, 5) is 27.2. The van der Waals surface area contributed by atoms with E-state index >= 15 is 0 Å². The van der Waals surface area contributed by atoms with Gasteiger partial charge in [-0.25, -0.2) is 0 Å². The molecule has 0 radical (unpaired) electrons. The number of aryl methyl sites for hydroxylation is 1. The Labute approximate surface area is 168 Å². The van der Waals surface area contributed by atoms with Crippen LogP contribution < -0.4 is 10.1 Å². The maximum absolute atomic E-state index is 11.6. The molecule has 27 heavy (non-hydrogen) atoms. The van der Waals surface area contributed by atoms with Crippen molar-refractivity contribution >= 4 is 35.3 Å². The molecule has 2 amide bonds. The van der Waals surface area contributed by atoms with Gasteiger partial charge in [0.15, 0.2) is 0 Å². The highest BCUT2D eigenvalue weighted by Crippen LogP contribution is 2.23. The van der Waals surface area contributed by atoms with Crippen LogP contribution in [0.5, 0.6) is 5.75 Å². The Hall–Kier alpha value is -2.09. The minimum Gasteiger partial charge on any atom is -0.493 e. The molecule has 0 bridgehead atoms. The van der Waals surface area contributed by atoms with Gasteiger partial charge in [0.05, 0.1) is 11.9 Å². The number of rotatable bonds is 7. The van der Waals surface area contributed by atoms with Crippen LogP contribution in [0.3, 0.4) is 0 Å². The minimum atomic E-state index is -0.337. The molecule has 0 aliphatic carbocycles. The quantitative estimate of drug-likeness (QED) is 0.756. The Morgan fingerprint density at radius 1 is 1.11 bits per heavy atom. The summed E-state index contributed by atoms with van der Waals surface area (Å²) in [6.07, 6.45) is 4.19. The number of halogens is 1. The van der Waals surface area contributed by atoms with E-state index in [1.54, 1.807) is 0 Å². The second-order valence-corrected chi connectivity index (χ2v) is 7.02. The van der Waals surface area contributed by atoms with Crippen LogP contribution in [0.15, 0.2) is 42.6 Å². The van der Waals surface area contributed by atoms with Crippen molar-refractivity contribution in [1.29, 1.82) is 0 Å². The van der Waals surface area contributed by atoms with Gasteiger partial charge in [-0.2, -0.15) is 0 Å². The first kappa shape index (κ1) is 23.0. The summed E-state index contributed by atoms with van der Waals surface area (Å²) in [5.74, 6) is 0.574. The number of imide groups is 1. The van der Waals surface area contributed by atoms with Crippen molar-refractivity contribution in [3.63, 3.8) is 0 Å². The highest BCUT2D eigenvalue weighted by molar-refractivity contribution is 8.15. The molecular formula is C19H23ClN2O4S. The van der Waals surface area contributed by atoms with Gasteiger partial charge < -0.3 is 10.2 Å². The summed E-state index contributed by atoms with van der Waals surface area (Å²) >= 11 is 1.05.